The summed E-state index contributed by atoms with van der Waals surface area (Å²) in [7, 11) is 0. The summed E-state index contributed by atoms with van der Waals surface area (Å²) in [6, 6.07) is 2.08. The van der Waals surface area contributed by atoms with E-state index < -0.39 is 17.7 Å². The summed E-state index contributed by atoms with van der Waals surface area (Å²) in [6.07, 6.45) is -1.25. The molecule has 16 heavy (non-hydrogen) atoms. The lowest BCUT2D eigenvalue weighted by Crippen LogP contribution is -2.20. The zero-order valence-corrected chi connectivity index (χ0v) is 8.05. The van der Waals surface area contributed by atoms with E-state index in [1.807, 2.05) is 5.32 Å². The molecule has 1 aromatic rings. The van der Waals surface area contributed by atoms with Crippen LogP contribution in [0.2, 0.25) is 0 Å². The molecule has 0 bridgehead atoms. The molecule has 0 atom stereocenters. The number of hydrogen-bond acceptors (Lipinski definition) is 2. The summed E-state index contributed by atoms with van der Waals surface area (Å²) in [5.74, 6) is 2.39. The van der Waals surface area contributed by atoms with E-state index in [4.69, 9.17) is 10.8 Å². The van der Waals surface area contributed by atoms with Crippen molar-refractivity contribution in [1.29, 1.82) is 0 Å². The second-order valence-corrected chi connectivity index (χ2v) is 2.79. The Labute approximate surface area is 90.1 Å². The van der Waals surface area contributed by atoms with E-state index >= 15 is 0 Å². The van der Waals surface area contributed by atoms with Crippen molar-refractivity contribution in [3.05, 3.63) is 29.3 Å². The summed E-state index contributed by atoms with van der Waals surface area (Å²) in [6.45, 7) is -0.190. The van der Waals surface area contributed by atoms with Gasteiger partial charge in [-0.25, -0.2) is 13.6 Å². The van der Waals surface area contributed by atoms with Crippen LogP contribution in [0, 0.1) is 23.5 Å². The van der Waals surface area contributed by atoms with Gasteiger partial charge in [0.05, 0.1) is 17.8 Å². The van der Waals surface area contributed by atoms with E-state index in [-0.39, 0.29) is 17.8 Å². The van der Waals surface area contributed by atoms with Crippen LogP contribution < -0.4 is 11.1 Å². The van der Waals surface area contributed by atoms with Crippen molar-refractivity contribution >= 4 is 11.8 Å². The van der Waals surface area contributed by atoms with Crippen LogP contribution in [0.1, 0.15) is 5.56 Å². The maximum atomic E-state index is 13.2. The van der Waals surface area contributed by atoms with E-state index in [1.165, 1.54) is 6.07 Å². The standard InChI is InChI=1S/C10H8F2N2O2/c11-7-3-4-8(13)6(9(7)12)2-1-5-14-10(15)16/h3-4,14H,5,13H2,(H,15,16). The third kappa shape index (κ3) is 2.85. The van der Waals surface area contributed by atoms with Crippen molar-refractivity contribution in [2.24, 2.45) is 0 Å². The van der Waals surface area contributed by atoms with Crippen LogP contribution in [0.3, 0.4) is 0 Å². The van der Waals surface area contributed by atoms with Gasteiger partial charge in [0.2, 0.25) is 0 Å². The number of anilines is 1. The number of carbonyl (C=O) groups is 1. The molecule has 0 unspecified atom stereocenters. The van der Waals surface area contributed by atoms with E-state index in [1.54, 1.807) is 0 Å². The van der Waals surface area contributed by atoms with Gasteiger partial charge in [-0.05, 0) is 12.1 Å². The van der Waals surface area contributed by atoms with Gasteiger partial charge in [-0.1, -0.05) is 11.8 Å². The Balaban J connectivity index is 2.88. The largest absolute Gasteiger partial charge is 0.465 e. The SMILES string of the molecule is Nc1ccc(F)c(F)c1C#CCNC(=O)O. The van der Waals surface area contributed by atoms with Crippen molar-refractivity contribution in [1.82, 2.24) is 5.32 Å². The van der Waals surface area contributed by atoms with Gasteiger partial charge in [-0.15, -0.1) is 0 Å². The minimum absolute atomic E-state index is 0.00160. The van der Waals surface area contributed by atoms with Crippen molar-refractivity contribution < 1.29 is 18.7 Å². The molecule has 0 heterocycles. The smallest absolute Gasteiger partial charge is 0.405 e. The third-order valence-electron chi connectivity index (χ3n) is 1.67. The molecular formula is C10H8F2N2O2. The number of nitrogens with one attached hydrogen (secondary N) is 1. The summed E-state index contributed by atoms with van der Waals surface area (Å²) in [5, 5.41) is 10.2. The fourth-order valence-electron chi connectivity index (χ4n) is 0.945. The summed E-state index contributed by atoms with van der Waals surface area (Å²) < 4.78 is 25.9. The van der Waals surface area contributed by atoms with Gasteiger partial charge in [0.1, 0.15) is 0 Å². The van der Waals surface area contributed by atoms with Crippen LogP contribution in [0.5, 0.6) is 0 Å². The second kappa shape index (κ2) is 4.98. The van der Waals surface area contributed by atoms with Gasteiger partial charge in [0.25, 0.3) is 0 Å². The van der Waals surface area contributed by atoms with Crippen LogP contribution in [-0.2, 0) is 0 Å². The highest BCUT2D eigenvalue weighted by atomic mass is 19.2. The van der Waals surface area contributed by atoms with E-state index in [9.17, 15) is 13.6 Å². The maximum Gasteiger partial charge on any atom is 0.405 e. The summed E-state index contributed by atoms with van der Waals surface area (Å²) in [5.41, 5.74) is 5.12. The molecule has 1 rings (SSSR count). The lowest BCUT2D eigenvalue weighted by molar-refractivity contribution is 0.196. The van der Waals surface area contributed by atoms with E-state index in [2.05, 4.69) is 11.8 Å². The molecule has 0 saturated carbocycles. The van der Waals surface area contributed by atoms with Gasteiger partial charge >= 0.3 is 6.09 Å². The summed E-state index contributed by atoms with van der Waals surface area (Å²) in [4.78, 5) is 10.1. The second-order valence-electron chi connectivity index (χ2n) is 2.79. The van der Waals surface area contributed by atoms with E-state index in [0.717, 1.165) is 6.07 Å². The molecule has 0 aromatic heterocycles. The average molecular weight is 226 g/mol. The third-order valence-corrected chi connectivity index (χ3v) is 1.67. The normalized spacial score (nSPS) is 9.12. The minimum Gasteiger partial charge on any atom is -0.465 e. The number of nitrogen functional groups attached to an aromatic ring is 1. The van der Waals surface area contributed by atoms with Crippen LogP contribution in [0.15, 0.2) is 12.1 Å². The topological polar surface area (TPSA) is 75.3 Å². The Morgan fingerprint density at radius 2 is 2.19 bits per heavy atom. The molecule has 1 amide bonds. The molecule has 6 heteroatoms. The lowest BCUT2D eigenvalue weighted by atomic mass is 10.1. The summed E-state index contributed by atoms with van der Waals surface area (Å²) >= 11 is 0. The number of carboxylic acid groups (broad SMARTS) is 1. The zero-order valence-electron chi connectivity index (χ0n) is 8.05. The zero-order chi connectivity index (χ0) is 12.1. The molecule has 0 saturated heterocycles. The Bertz CT molecular complexity index is 478. The van der Waals surface area contributed by atoms with Crippen molar-refractivity contribution in [3.8, 4) is 11.8 Å². The highest BCUT2D eigenvalue weighted by Crippen LogP contribution is 2.17. The monoisotopic (exact) mass is 226 g/mol. The number of nitrogens with two attached hydrogens (primary N) is 1. The molecule has 0 aliphatic rings. The number of halogens is 2. The Hall–Kier alpha value is -2.29. The molecule has 0 spiro atoms. The van der Waals surface area contributed by atoms with Crippen molar-refractivity contribution in [2.45, 2.75) is 0 Å². The van der Waals surface area contributed by atoms with Crippen LogP contribution >= 0.6 is 0 Å². The molecule has 84 valence electrons. The molecule has 4 N–H and O–H groups in total. The van der Waals surface area contributed by atoms with Gasteiger partial charge in [-0.3, -0.25) is 0 Å². The first-order valence-electron chi connectivity index (χ1n) is 4.21. The highest BCUT2D eigenvalue weighted by Gasteiger charge is 2.09. The van der Waals surface area contributed by atoms with Gasteiger partial charge < -0.3 is 16.2 Å². The van der Waals surface area contributed by atoms with Gasteiger partial charge in [-0.2, -0.15) is 0 Å². The average Bonchev–Trinajstić information content (AvgIpc) is 2.22. The Kier molecular flexibility index (Phi) is 3.67. The van der Waals surface area contributed by atoms with Gasteiger partial charge in [0, 0.05) is 0 Å². The van der Waals surface area contributed by atoms with Gasteiger partial charge in [0.15, 0.2) is 11.6 Å². The Morgan fingerprint density at radius 3 is 2.81 bits per heavy atom. The first kappa shape index (κ1) is 11.8. The highest BCUT2D eigenvalue weighted by molar-refractivity contribution is 5.65. The van der Waals surface area contributed by atoms with Crippen LogP contribution in [0.4, 0.5) is 19.3 Å². The number of benzene rings is 1. The fourth-order valence-corrected chi connectivity index (χ4v) is 0.945. The molecule has 0 fully saturated rings. The van der Waals surface area contributed by atoms with Crippen LogP contribution in [-0.4, -0.2) is 17.7 Å². The fraction of sp³-hybridized carbons (Fsp3) is 0.100. The predicted molar refractivity (Wildman–Crippen MR) is 53.7 cm³/mol. The lowest BCUT2D eigenvalue weighted by Gasteiger charge is -2.00. The van der Waals surface area contributed by atoms with Crippen molar-refractivity contribution in [2.75, 3.05) is 12.3 Å². The quantitative estimate of drug-likeness (QED) is 0.497. The predicted octanol–water partition coefficient (Wildman–Crippen LogP) is 1.17. The molecule has 0 radical (unpaired) electrons. The molecule has 4 nitrogen and oxygen atoms in total. The number of hydrogen-bond donors (Lipinski definition) is 3. The molecular weight excluding hydrogens is 218 g/mol. The first-order chi connectivity index (χ1) is 7.52. The van der Waals surface area contributed by atoms with E-state index in [0.29, 0.717) is 0 Å². The number of rotatable bonds is 1. The minimum atomic E-state index is -1.25. The van der Waals surface area contributed by atoms with Crippen LogP contribution in [0.25, 0.3) is 0 Å². The van der Waals surface area contributed by atoms with Crippen molar-refractivity contribution in [3.63, 3.8) is 0 Å². The Morgan fingerprint density at radius 1 is 1.50 bits per heavy atom. The molecule has 0 aliphatic heterocycles. The molecule has 1 aromatic carbocycles. The first-order valence-corrected chi connectivity index (χ1v) is 4.21. The number of amides is 1. The maximum absolute atomic E-state index is 13.2. The molecule has 0 aliphatic carbocycles.